The first kappa shape index (κ1) is 20.3. The van der Waals surface area contributed by atoms with Crippen molar-refractivity contribution in [2.75, 3.05) is 0 Å². The molecule has 25 heavy (non-hydrogen) atoms. The van der Waals surface area contributed by atoms with Crippen LogP contribution in [0.15, 0.2) is 53.9 Å². The molecule has 2 aromatic carbocycles. The topological polar surface area (TPSA) is 40.5 Å². The second-order valence-electron chi connectivity index (χ2n) is 5.64. The third kappa shape index (κ3) is 5.26. The summed E-state index contributed by atoms with van der Waals surface area (Å²) >= 11 is 1.07. The molecule has 0 aliphatic heterocycles. The minimum absolute atomic E-state index is 0.167. The molecule has 0 aliphatic rings. The fraction of sp³-hybridized carbons (Fsp3) is 0.158. The van der Waals surface area contributed by atoms with Crippen molar-refractivity contribution in [1.29, 1.82) is 0 Å². The van der Waals surface area contributed by atoms with Gasteiger partial charge in [0.2, 0.25) is 0 Å². The van der Waals surface area contributed by atoms with E-state index < -0.39 is 17.0 Å². The van der Waals surface area contributed by atoms with E-state index in [1.54, 1.807) is 23.5 Å². The fourth-order valence-corrected chi connectivity index (χ4v) is 3.60. The molecule has 0 fully saturated rings. The Morgan fingerprint density at radius 3 is 1.76 bits per heavy atom. The maximum atomic E-state index is 10.3. The first-order valence-corrected chi connectivity index (χ1v) is 12.7. The van der Waals surface area contributed by atoms with E-state index in [0.717, 1.165) is 27.1 Å². The first-order valence-electron chi connectivity index (χ1n) is 7.56. The number of halogens is 2. The summed E-state index contributed by atoms with van der Waals surface area (Å²) in [5.74, 6) is 0.342. The second-order valence-corrected chi connectivity index (χ2v) is 9.20. The average molecular weight is 429 g/mol. The van der Waals surface area contributed by atoms with Gasteiger partial charge in [0.15, 0.2) is 0 Å². The van der Waals surface area contributed by atoms with Crippen LogP contribution in [0, 0.1) is 13.8 Å². The number of phenols is 2. The van der Waals surface area contributed by atoms with Crippen LogP contribution in [0.5, 0.6) is 11.5 Å². The molecule has 0 saturated heterocycles. The van der Waals surface area contributed by atoms with Crippen LogP contribution in [0.1, 0.15) is 33.0 Å². The Labute approximate surface area is 168 Å². The van der Waals surface area contributed by atoms with E-state index in [-0.39, 0.29) is 17.4 Å². The molecule has 0 saturated carbocycles. The van der Waals surface area contributed by atoms with Crippen molar-refractivity contribution in [3.05, 3.63) is 81.0 Å². The van der Waals surface area contributed by atoms with Crippen molar-refractivity contribution in [3.8, 4) is 11.5 Å². The number of thiophene rings is 1. The van der Waals surface area contributed by atoms with Gasteiger partial charge >= 0.3 is 35.6 Å². The summed E-state index contributed by atoms with van der Waals surface area (Å²) in [6.07, 6.45) is 0. The van der Waals surface area contributed by atoms with Crippen LogP contribution in [0.3, 0.4) is 0 Å². The van der Waals surface area contributed by atoms with Gasteiger partial charge in [-0.15, -0.1) is 11.3 Å². The van der Waals surface area contributed by atoms with Gasteiger partial charge in [-0.3, -0.25) is 0 Å². The molecule has 130 valence electrons. The van der Waals surface area contributed by atoms with Gasteiger partial charge in [-0.05, 0) is 37.4 Å². The molecule has 0 spiro atoms. The zero-order chi connectivity index (χ0) is 18.4. The molecule has 0 unspecified atom stereocenters. The summed E-state index contributed by atoms with van der Waals surface area (Å²) in [5.41, 5.74) is 3.81. The average Bonchev–Trinajstić information content (AvgIpc) is 3.09. The summed E-state index contributed by atoms with van der Waals surface area (Å²) in [6.45, 7) is 4.01. The summed E-state index contributed by atoms with van der Waals surface area (Å²) in [4.78, 5) is 1.10. The van der Waals surface area contributed by atoms with Crippen LogP contribution >= 0.6 is 29.9 Å². The predicted molar refractivity (Wildman–Crippen MR) is 103 cm³/mol. The Kier molecular flexibility index (Phi) is 7.86. The van der Waals surface area contributed by atoms with Crippen LogP contribution < -0.4 is 0 Å². The third-order valence-corrected chi connectivity index (χ3v) is 4.75. The molecule has 0 atom stereocenters. The molecule has 0 amide bonds. The molecule has 1 heterocycles. The van der Waals surface area contributed by atoms with Crippen LogP contribution in [-0.4, -0.2) is 10.2 Å². The van der Waals surface area contributed by atoms with E-state index in [1.165, 1.54) is 0 Å². The number of aromatic hydroxyl groups is 2. The number of aryl methyl sites for hydroxylation is 2. The normalized spacial score (nSPS) is 10.3. The quantitative estimate of drug-likeness (QED) is 0.478. The summed E-state index contributed by atoms with van der Waals surface area (Å²) in [7, 11) is 9.78. The number of benzene rings is 2. The summed E-state index contributed by atoms with van der Waals surface area (Å²) in [6, 6.07) is 15.2. The molecule has 6 heteroatoms. The Balaban J connectivity index is 0.000000701. The maximum absolute atomic E-state index is 10.3. The molecule has 3 aromatic rings. The fourth-order valence-electron chi connectivity index (χ4n) is 2.74. The first-order chi connectivity index (χ1) is 12.0. The van der Waals surface area contributed by atoms with Crippen LogP contribution in [0.2, 0.25) is 0 Å². The van der Waals surface area contributed by atoms with Crippen LogP contribution in [0.4, 0.5) is 0 Å². The van der Waals surface area contributed by atoms with Crippen molar-refractivity contribution >= 4 is 29.9 Å². The van der Waals surface area contributed by atoms with Gasteiger partial charge in [-0.25, -0.2) is 0 Å². The Bertz CT molecular complexity index is 771. The molecule has 1 aromatic heterocycles. The Hall–Kier alpha value is -0.966. The zero-order valence-corrected chi connectivity index (χ0v) is 17.7. The van der Waals surface area contributed by atoms with E-state index in [2.05, 4.69) is 0 Å². The molecule has 2 N–H and O–H groups in total. The standard InChI is InChI=1S/C19H18O2S.2ClH.Ti/c1-12-5-7-16(20)14(10-12)19(18-4-3-9-22-18)15-11-13(2)6-8-17(15)21;;;/h3-11,19-21H,1-2H3;2*1H;/q;;;+2/p-2. The van der Waals surface area contributed by atoms with Gasteiger partial charge in [0.05, 0.1) is 5.92 Å². The predicted octanol–water partition coefficient (Wildman–Crippen LogP) is 6.33. The SMILES string of the molecule is Cc1ccc(O)c(C(c2cccs2)c2cc(C)ccc2O)c1.[Cl][Ti][Cl]. The molecule has 0 bridgehead atoms. The minimum atomic E-state index is -0.556. The zero-order valence-electron chi connectivity index (χ0n) is 13.8. The van der Waals surface area contributed by atoms with Crippen molar-refractivity contribution in [2.45, 2.75) is 19.8 Å². The molecule has 0 aliphatic carbocycles. The molecule has 2 nitrogen and oxygen atoms in total. The van der Waals surface area contributed by atoms with Gasteiger partial charge in [-0.1, -0.05) is 41.5 Å². The summed E-state index contributed by atoms with van der Waals surface area (Å²) < 4.78 is 0. The van der Waals surface area contributed by atoms with Crippen molar-refractivity contribution < 1.29 is 27.2 Å². The number of hydrogen-bond acceptors (Lipinski definition) is 3. The van der Waals surface area contributed by atoms with Gasteiger partial charge in [-0.2, -0.15) is 0 Å². The number of phenolic OH excluding ortho intramolecular Hbond substituents is 2. The van der Waals surface area contributed by atoms with E-state index in [1.807, 2.05) is 55.6 Å². The number of hydrogen-bond donors (Lipinski definition) is 2. The van der Waals surface area contributed by atoms with Crippen molar-refractivity contribution in [3.63, 3.8) is 0 Å². The van der Waals surface area contributed by atoms with E-state index >= 15 is 0 Å². The van der Waals surface area contributed by atoms with Crippen LogP contribution in [0.25, 0.3) is 0 Å². The molecule has 0 radical (unpaired) electrons. The Morgan fingerprint density at radius 1 is 0.880 bits per heavy atom. The van der Waals surface area contributed by atoms with Gasteiger partial charge < -0.3 is 10.2 Å². The van der Waals surface area contributed by atoms with Gasteiger partial charge in [0.25, 0.3) is 0 Å². The van der Waals surface area contributed by atoms with E-state index in [0.29, 0.717) is 0 Å². The molecule has 3 rings (SSSR count). The van der Waals surface area contributed by atoms with E-state index in [4.69, 9.17) is 18.6 Å². The van der Waals surface area contributed by atoms with Gasteiger partial charge in [0.1, 0.15) is 11.5 Å². The Morgan fingerprint density at radius 2 is 1.36 bits per heavy atom. The third-order valence-electron chi connectivity index (χ3n) is 3.82. The molecular weight excluding hydrogens is 411 g/mol. The number of rotatable bonds is 3. The monoisotopic (exact) mass is 428 g/mol. The van der Waals surface area contributed by atoms with Gasteiger partial charge in [0, 0.05) is 16.0 Å². The van der Waals surface area contributed by atoms with Crippen molar-refractivity contribution in [1.82, 2.24) is 0 Å². The van der Waals surface area contributed by atoms with Crippen molar-refractivity contribution in [2.24, 2.45) is 0 Å². The van der Waals surface area contributed by atoms with Crippen LogP contribution in [-0.2, 0) is 17.0 Å². The summed E-state index contributed by atoms with van der Waals surface area (Å²) in [5, 5.41) is 22.7. The second kappa shape index (κ2) is 9.65. The van der Waals surface area contributed by atoms with E-state index in [9.17, 15) is 10.2 Å². The molecular formula is C19H18Cl2O2STi.